The Bertz CT molecular complexity index is 1220. The van der Waals surface area contributed by atoms with Gasteiger partial charge in [-0.05, 0) is 79.0 Å². The van der Waals surface area contributed by atoms with Gasteiger partial charge < -0.3 is 10.3 Å². The predicted octanol–water partition coefficient (Wildman–Crippen LogP) is 5.88. The molecule has 0 saturated heterocycles. The van der Waals surface area contributed by atoms with Crippen molar-refractivity contribution in [1.82, 2.24) is 24.8 Å². The van der Waals surface area contributed by atoms with Gasteiger partial charge in [0.15, 0.2) is 0 Å². The summed E-state index contributed by atoms with van der Waals surface area (Å²) >= 11 is 0. The molecule has 2 aromatic heterocycles. The third-order valence-corrected chi connectivity index (χ3v) is 6.40. The number of hydrogen-bond donors (Lipinski definition) is 2. The van der Waals surface area contributed by atoms with Crippen molar-refractivity contribution in [3.05, 3.63) is 114 Å². The summed E-state index contributed by atoms with van der Waals surface area (Å²) in [5, 5.41) is 3.03. The molecule has 0 spiro atoms. The second-order valence-electron chi connectivity index (χ2n) is 9.66. The summed E-state index contributed by atoms with van der Waals surface area (Å²) in [5.74, 6) is 0.816. The SMILES string of the molecule is CCCN(CCC)Cc1ccc(NC(=O)c2ccc(CN(Cc3ccncc3)Cc3ncc[nH]3)cc2)cc1. The lowest BCUT2D eigenvalue weighted by Gasteiger charge is -2.21. The molecule has 0 aliphatic carbocycles. The summed E-state index contributed by atoms with van der Waals surface area (Å²) in [7, 11) is 0. The number of H-pyrrole nitrogens is 1. The molecule has 2 N–H and O–H groups in total. The highest BCUT2D eigenvalue weighted by Gasteiger charge is 2.12. The average molecular weight is 511 g/mol. The van der Waals surface area contributed by atoms with Crippen LogP contribution in [-0.4, -0.2) is 43.7 Å². The molecule has 198 valence electrons. The van der Waals surface area contributed by atoms with Crippen molar-refractivity contribution in [2.45, 2.75) is 52.9 Å². The minimum Gasteiger partial charge on any atom is -0.348 e. The fraction of sp³-hybridized carbons (Fsp3) is 0.323. The van der Waals surface area contributed by atoms with Crippen molar-refractivity contribution < 1.29 is 4.79 Å². The summed E-state index contributed by atoms with van der Waals surface area (Å²) in [6.45, 7) is 9.79. The fourth-order valence-corrected chi connectivity index (χ4v) is 4.59. The van der Waals surface area contributed by atoms with Crippen molar-refractivity contribution in [1.29, 1.82) is 0 Å². The van der Waals surface area contributed by atoms with E-state index in [0.29, 0.717) is 12.1 Å². The molecule has 7 heteroatoms. The maximum atomic E-state index is 12.9. The first kappa shape index (κ1) is 27.2. The highest BCUT2D eigenvalue weighted by atomic mass is 16.1. The van der Waals surface area contributed by atoms with Gasteiger partial charge in [0, 0.05) is 55.7 Å². The average Bonchev–Trinajstić information content (AvgIpc) is 3.44. The van der Waals surface area contributed by atoms with E-state index < -0.39 is 0 Å². The van der Waals surface area contributed by atoms with Crippen molar-refractivity contribution in [2.24, 2.45) is 0 Å². The molecule has 2 heterocycles. The zero-order chi connectivity index (χ0) is 26.6. The van der Waals surface area contributed by atoms with Crippen molar-refractivity contribution in [3.63, 3.8) is 0 Å². The van der Waals surface area contributed by atoms with E-state index in [9.17, 15) is 4.79 Å². The molecule has 7 nitrogen and oxygen atoms in total. The van der Waals surface area contributed by atoms with Gasteiger partial charge in [0.1, 0.15) is 5.82 Å². The molecule has 4 rings (SSSR count). The van der Waals surface area contributed by atoms with Gasteiger partial charge in [-0.2, -0.15) is 0 Å². The van der Waals surface area contributed by atoms with E-state index in [1.54, 1.807) is 6.20 Å². The van der Waals surface area contributed by atoms with Gasteiger partial charge in [0.2, 0.25) is 0 Å². The molecule has 0 fully saturated rings. The monoisotopic (exact) mass is 510 g/mol. The van der Waals surface area contributed by atoms with E-state index in [4.69, 9.17) is 0 Å². The third kappa shape index (κ3) is 8.36. The number of imidazole rings is 1. The van der Waals surface area contributed by atoms with Gasteiger partial charge in [0.05, 0.1) is 6.54 Å². The van der Waals surface area contributed by atoms with Crippen LogP contribution in [0.5, 0.6) is 0 Å². The number of amides is 1. The molecule has 0 aliphatic rings. The fourth-order valence-electron chi connectivity index (χ4n) is 4.59. The number of nitrogens with one attached hydrogen (secondary N) is 2. The number of carbonyl (C=O) groups is 1. The topological polar surface area (TPSA) is 77.2 Å². The van der Waals surface area contributed by atoms with Crippen molar-refractivity contribution in [2.75, 3.05) is 18.4 Å². The predicted molar refractivity (Wildman–Crippen MR) is 152 cm³/mol. The van der Waals surface area contributed by atoms with Crippen LogP contribution < -0.4 is 5.32 Å². The van der Waals surface area contributed by atoms with Crippen LogP contribution in [0.1, 0.15) is 59.6 Å². The summed E-state index contributed by atoms with van der Waals surface area (Å²) in [6, 6.07) is 20.1. The quantitative estimate of drug-likeness (QED) is 0.221. The first-order valence-electron chi connectivity index (χ1n) is 13.4. The highest BCUT2D eigenvalue weighted by Crippen LogP contribution is 2.16. The Kier molecular flexibility index (Phi) is 10.2. The van der Waals surface area contributed by atoms with E-state index in [0.717, 1.165) is 62.6 Å². The third-order valence-electron chi connectivity index (χ3n) is 6.40. The van der Waals surface area contributed by atoms with Gasteiger partial charge in [-0.25, -0.2) is 4.98 Å². The Morgan fingerprint density at radius 1 is 0.737 bits per heavy atom. The van der Waals surface area contributed by atoms with Crippen molar-refractivity contribution >= 4 is 11.6 Å². The molecule has 0 aliphatic heterocycles. The van der Waals surface area contributed by atoms with Gasteiger partial charge >= 0.3 is 0 Å². The zero-order valence-electron chi connectivity index (χ0n) is 22.4. The minimum atomic E-state index is -0.105. The molecule has 4 aromatic rings. The smallest absolute Gasteiger partial charge is 0.255 e. The van der Waals surface area contributed by atoms with E-state index >= 15 is 0 Å². The number of aromatic nitrogens is 3. The molecule has 0 bridgehead atoms. The summed E-state index contributed by atoms with van der Waals surface area (Å²) in [6.07, 6.45) is 9.55. The molecule has 38 heavy (non-hydrogen) atoms. The second-order valence-corrected chi connectivity index (χ2v) is 9.66. The first-order chi connectivity index (χ1) is 18.6. The molecule has 0 saturated carbocycles. The molecule has 2 aromatic carbocycles. The van der Waals surface area contributed by atoms with Crippen LogP contribution in [-0.2, 0) is 26.2 Å². The number of rotatable bonds is 14. The number of pyridine rings is 1. The number of hydrogen-bond acceptors (Lipinski definition) is 5. The second kappa shape index (κ2) is 14.2. The van der Waals surface area contributed by atoms with Gasteiger partial charge in [0.25, 0.3) is 5.91 Å². The molecule has 0 atom stereocenters. The summed E-state index contributed by atoms with van der Waals surface area (Å²) < 4.78 is 0. The molecule has 1 amide bonds. The van der Waals surface area contributed by atoms with Crippen LogP contribution in [0.25, 0.3) is 0 Å². The normalized spacial score (nSPS) is 11.3. The number of carbonyl (C=O) groups excluding carboxylic acids is 1. The van der Waals surface area contributed by atoms with Crippen LogP contribution in [0.4, 0.5) is 5.69 Å². The van der Waals surface area contributed by atoms with Crippen LogP contribution >= 0.6 is 0 Å². The van der Waals surface area contributed by atoms with Gasteiger partial charge in [-0.1, -0.05) is 38.1 Å². The lowest BCUT2D eigenvalue weighted by Crippen LogP contribution is -2.24. The number of aromatic amines is 1. The number of nitrogens with zero attached hydrogens (tertiary/aromatic N) is 4. The van der Waals surface area contributed by atoms with Crippen molar-refractivity contribution in [3.8, 4) is 0 Å². The standard InChI is InChI=1S/C31H38N6O/c1-3-19-36(20-4-2)21-26-7-11-29(12-8-26)35-31(38)28-9-5-25(6-10-28)22-37(24-30-33-17-18-34-30)23-27-13-15-32-16-14-27/h5-18H,3-4,19-24H2,1-2H3,(H,33,34)(H,35,38). The number of anilines is 1. The first-order valence-corrected chi connectivity index (χ1v) is 13.4. The molecule has 0 unspecified atom stereocenters. The Labute approximate surface area is 225 Å². The largest absolute Gasteiger partial charge is 0.348 e. The lowest BCUT2D eigenvalue weighted by atomic mass is 10.1. The zero-order valence-corrected chi connectivity index (χ0v) is 22.4. The van der Waals surface area contributed by atoms with Crippen LogP contribution in [0.3, 0.4) is 0 Å². The Balaban J connectivity index is 1.35. The Morgan fingerprint density at radius 3 is 1.89 bits per heavy atom. The Hall–Kier alpha value is -3.81. The Morgan fingerprint density at radius 2 is 1.32 bits per heavy atom. The van der Waals surface area contributed by atoms with E-state index in [1.165, 1.54) is 11.1 Å². The number of benzene rings is 2. The minimum absolute atomic E-state index is 0.105. The van der Waals surface area contributed by atoms with Crippen LogP contribution in [0.15, 0.2) is 85.5 Å². The molecule has 0 radical (unpaired) electrons. The van der Waals surface area contributed by atoms with E-state index in [1.807, 2.05) is 67.1 Å². The maximum absolute atomic E-state index is 12.9. The molecular formula is C31H38N6O. The van der Waals surface area contributed by atoms with Crippen LogP contribution in [0.2, 0.25) is 0 Å². The van der Waals surface area contributed by atoms with E-state index in [2.05, 4.69) is 56.0 Å². The summed E-state index contributed by atoms with van der Waals surface area (Å²) in [5.41, 5.74) is 5.04. The highest BCUT2D eigenvalue weighted by molar-refractivity contribution is 6.04. The van der Waals surface area contributed by atoms with Gasteiger partial charge in [-0.15, -0.1) is 0 Å². The summed E-state index contributed by atoms with van der Waals surface area (Å²) in [4.78, 5) is 29.4. The molecular weight excluding hydrogens is 472 g/mol. The lowest BCUT2D eigenvalue weighted by molar-refractivity contribution is 0.102. The maximum Gasteiger partial charge on any atom is 0.255 e. The van der Waals surface area contributed by atoms with E-state index in [-0.39, 0.29) is 5.91 Å². The van der Waals surface area contributed by atoms with Gasteiger partial charge in [-0.3, -0.25) is 19.6 Å². The van der Waals surface area contributed by atoms with Crippen LogP contribution in [0, 0.1) is 0 Å².